The number of imidazole rings is 1. The van der Waals surface area contributed by atoms with E-state index in [9.17, 15) is 14.3 Å². The highest BCUT2D eigenvalue weighted by atomic mass is 31.2. The predicted molar refractivity (Wildman–Crippen MR) is 76.9 cm³/mol. The third-order valence-electron chi connectivity index (χ3n) is 3.39. The van der Waals surface area contributed by atoms with Gasteiger partial charge in [0, 0.05) is 19.3 Å². The zero-order valence-corrected chi connectivity index (χ0v) is 12.8. The van der Waals surface area contributed by atoms with Crippen LogP contribution in [-0.2, 0) is 9.09 Å². The Labute approximate surface area is 122 Å². The Morgan fingerprint density at radius 1 is 1.76 bits per heavy atom. The monoisotopic (exact) mass is 317 g/mol. The number of aromatic nitrogens is 2. The molecule has 0 aliphatic carbocycles. The van der Waals surface area contributed by atoms with Gasteiger partial charge in [-0.05, 0) is 12.8 Å². The van der Waals surface area contributed by atoms with Crippen molar-refractivity contribution >= 4 is 19.6 Å². The molecule has 2 rings (SSSR count). The molecule has 1 aliphatic heterocycles. The van der Waals surface area contributed by atoms with Crippen molar-refractivity contribution < 1.29 is 18.8 Å². The maximum absolute atomic E-state index is 11.7. The van der Waals surface area contributed by atoms with Crippen LogP contribution in [0.4, 0.5) is 5.95 Å². The fraction of sp³-hybridized carbons (Fsp3) is 0.636. The molecule has 1 amide bonds. The molecule has 21 heavy (non-hydrogen) atoms. The number of carbonyl (C=O) groups is 1. The molecule has 10 heteroatoms. The number of anilines is 1. The van der Waals surface area contributed by atoms with E-state index in [0.717, 1.165) is 0 Å². The summed E-state index contributed by atoms with van der Waals surface area (Å²) >= 11 is 0. The molecule has 5 N–H and O–H groups in total. The molecule has 3 unspecified atom stereocenters. The highest BCUT2D eigenvalue weighted by molar-refractivity contribution is 7.50. The highest BCUT2D eigenvalue weighted by Crippen LogP contribution is 2.38. The number of nitrogens with zero attached hydrogens (tertiary/aromatic N) is 2. The van der Waals surface area contributed by atoms with Crippen LogP contribution in [0.15, 0.2) is 6.20 Å². The average Bonchev–Trinajstić information content (AvgIpc) is 2.81. The van der Waals surface area contributed by atoms with Crippen LogP contribution < -0.4 is 16.1 Å². The van der Waals surface area contributed by atoms with Crippen LogP contribution in [0.25, 0.3) is 0 Å². The van der Waals surface area contributed by atoms with Gasteiger partial charge in [-0.25, -0.2) is 14.6 Å². The topological polar surface area (TPSA) is 132 Å². The Kier molecular flexibility index (Phi) is 4.67. The zero-order valence-electron chi connectivity index (χ0n) is 11.9. The van der Waals surface area contributed by atoms with E-state index in [2.05, 4.69) is 15.4 Å². The van der Waals surface area contributed by atoms with E-state index in [1.165, 1.54) is 0 Å². The Hall–Kier alpha value is -1.41. The standard InChI is InChI=1S/C11H20N5O4P/c1-3-20-21(18,19)14-5-9-7(2)4-13-11-15-8(10(12)17)6-16(9)11/h6-7,9H,3-5H2,1-2H3,(H2,12,17)(H,13,15)(H2,14,18,19). The lowest BCUT2D eigenvalue weighted by Crippen LogP contribution is -2.36. The van der Waals surface area contributed by atoms with Gasteiger partial charge >= 0.3 is 7.75 Å². The molecule has 118 valence electrons. The molecule has 0 bridgehead atoms. The van der Waals surface area contributed by atoms with Crippen molar-refractivity contribution in [2.45, 2.75) is 19.9 Å². The number of rotatable bonds is 6. The molecule has 2 heterocycles. The molecule has 0 fully saturated rings. The Bertz CT molecular complexity index is 575. The van der Waals surface area contributed by atoms with Crippen molar-refractivity contribution in [3.05, 3.63) is 11.9 Å². The largest absolute Gasteiger partial charge is 0.402 e. The number of nitrogens with two attached hydrogens (primary N) is 1. The van der Waals surface area contributed by atoms with E-state index >= 15 is 0 Å². The minimum Gasteiger partial charge on any atom is -0.364 e. The molecule has 0 radical (unpaired) electrons. The second kappa shape index (κ2) is 6.15. The summed E-state index contributed by atoms with van der Waals surface area (Å²) in [6, 6.07) is -0.136. The number of carbonyl (C=O) groups excluding carboxylic acids is 1. The third kappa shape index (κ3) is 3.62. The molecule has 0 spiro atoms. The third-order valence-corrected chi connectivity index (χ3v) is 4.58. The van der Waals surface area contributed by atoms with Gasteiger partial charge in [-0.15, -0.1) is 0 Å². The predicted octanol–water partition coefficient (Wildman–Crippen LogP) is 0.311. The van der Waals surface area contributed by atoms with Gasteiger partial charge in [0.05, 0.1) is 12.6 Å². The van der Waals surface area contributed by atoms with E-state index in [-0.39, 0.29) is 30.8 Å². The molecule has 1 aromatic rings. The molecular formula is C11H20N5O4P. The minimum absolute atomic E-state index is 0.136. The lowest BCUT2D eigenvalue weighted by atomic mass is 10.0. The quantitative estimate of drug-likeness (QED) is 0.555. The van der Waals surface area contributed by atoms with Crippen LogP contribution in [0.2, 0.25) is 0 Å². The summed E-state index contributed by atoms with van der Waals surface area (Å²) in [5, 5.41) is 5.63. The maximum atomic E-state index is 11.7. The fourth-order valence-electron chi connectivity index (χ4n) is 2.29. The van der Waals surface area contributed by atoms with Crippen molar-refractivity contribution in [1.82, 2.24) is 14.6 Å². The molecule has 3 atom stereocenters. The normalized spacial score (nSPS) is 24.0. The Morgan fingerprint density at radius 3 is 3.10 bits per heavy atom. The Morgan fingerprint density at radius 2 is 2.48 bits per heavy atom. The smallest absolute Gasteiger partial charge is 0.364 e. The van der Waals surface area contributed by atoms with Gasteiger partial charge in [0.25, 0.3) is 5.91 Å². The van der Waals surface area contributed by atoms with Crippen molar-refractivity contribution in [2.24, 2.45) is 11.7 Å². The van der Waals surface area contributed by atoms with Crippen LogP contribution >= 0.6 is 7.75 Å². The van der Waals surface area contributed by atoms with Gasteiger partial charge in [-0.2, -0.15) is 0 Å². The van der Waals surface area contributed by atoms with Crippen LogP contribution in [0.3, 0.4) is 0 Å². The van der Waals surface area contributed by atoms with Crippen LogP contribution in [-0.4, -0.2) is 40.0 Å². The summed E-state index contributed by atoms with van der Waals surface area (Å²) in [4.78, 5) is 24.9. The molecule has 1 aliphatic rings. The van der Waals surface area contributed by atoms with Gasteiger partial charge in [0.2, 0.25) is 5.95 Å². The van der Waals surface area contributed by atoms with Gasteiger partial charge in [-0.1, -0.05) is 6.92 Å². The zero-order chi connectivity index (χ0) is 15.6. The summed E-state index contributed by atoms with van der Waals surface area (Å²) in [5.74, 6) is 0.0830. The first-order valence-electron chi connectivity index (χ1n) is 6.69. The summed E-state index contributed by atoms with van der Waals surface area (Å²) < 4.78 is 18.2. The first-order chi connectivity index (χ1) is 9.84. The van der Waals surface area contributed by atoms with Crippen molar-refractivity contribution in [1.29, 1.82) is 0 Å². The minimum atomic E-state index is -3.81. The number of fused-ring (bicyclic) bond motifs is 1. The maximum Gasteiger partial charge on any atom is 0.402 e. The lowest BCUT2D eigenvalue weighted by Gasteiger charge is -2.32. The first kappa shape index (κ1) is 16.0. The van der Waals surface area contributed by atoms with E-state index in [0.29, 0.717) is 12.5 Å². The van der Waals surface area contributed by atoms with Crippen LogP contribution in [0.1, 0.15) is 30.4 Å². The second-order valence-electron chi connectivity index (χ2n) is 4.95. The van der Waals surface area contributed by atoms with Gasteiger partial charge in [0.1, 0.15) is 5.69 Å². The molecule has 0 saturated carbocycles. The molecule has 1 aromatic heterocycles. The van der Waals surface area contributed by atoms with Crippen molar-refractivity contribution in [3.63, 3.8) is 0 Å². The van der Waals surface area contributed by atoms with Crippen molar-refractivity contribution in [2.75, 3.05) is 25.0 Å². The van der Waals surface area contributed by atoms with Gasteiger partial charge in [-0.3, -0.25) is 9.32 Å². The summed E-state index contributed by atoms with van der Waals surface area (Å²) in [6.45, 7) is 4.65. The number of hydrogen-bond donors (Lipinski definition) is 4. The summed E-state index contributed by atoms with van der Waals surface area (Å²) in [7, 11) is -3.81. The van der Waals surface area contributed by atoms with Crippen LogP contribution in [0, 0.1) is 5.92 Å². The first-order valence-corrected chi connectivity index (χ1v) is 8.27. The average molecular weight is 317 g/mol. The summed E-state index contributed by atoms with van der Waals surface area (Å²) in [5.41, 5.74) is 5.39. The van der Waals surface area contributed by atoms with Gasteiger partial charge in [0.15, 0.2) is 0 Å². The summed E-state index contributed by atoms with van der Waals surface area (Å²) in [6.07, 6.45) is 1.55. The van der Waals surface area contributed by atoms with E-state index in [4.69, 9.17) is 10.3 Å². The Balaban J connectivity index is 2.16. The molecular weight excluding hydrogens is 297 g/mol. The SMILES string of the molecule is CCOP(=O)(O)NCC1C(C)CNc2nc(C(N)=O)cn21. The number of nitrogens with one attached hydrogen (secondary N) is 2. The lowest BCUT2D eigenvalue weighted by molar-refractivity contribution is 0.0996. The number of primary amides is 1. The second-order valence-corrected chi connectivity index (χ2v) is 6.56. The van der Waals surface area contributed by atoms with Gasteiger partial charge < -0.3 is 20.5 Å². The molecule has 9 nitrogen and oxygen atoms in total. The highest BCUT2D eigenvalue weighted by Gasteiger charge is 2.30. The van der Waals surface area contributed by atoms with Crippen molar-refractivity contribution in [3.8, 4) is 0 Å². The van der Waals surface area contributed by atoms with Crippen LogP contribution in [0.5, 0.6) is 0 Å². The van der Waals surface area contributed by atoms with E-state index < -0.39 is 13.7 Å². The number of hydrogen-bond acceptors (Lipinski definition) is 5. The number of amides is 1. The van der Waals surface area contributed by atoms with E-state index in [1.54, 1.807) is 17.7 Å². The fourth-order valence-corrected chi connectivity index (χ4v) is 3.15. The molecule has 0 saturated heterocycles. The van der Waals surface area contributed by atoms with E-state index in [1.807, 2.05) is 6.92 Å². The molecule has 0 aromatic carbocycles.